The van der Waals surface area contributed by atoms with E-state index in [4.69, 9.17) is 0 Å². The molecule has 1 heterocycles. The first-order valence-corrected chi connectivity index (χ1v) is 5.99. The fraction of sp³-hybridized carbons (Fsp3) is 0.357. The van der Waals surface area contributed by atoms with Crippen LogP contribution in [0.3, 0.4) is 0 Å². The van der Waals surface area contributed by atoms with Crippen LogP contribution in [-0.4, -0.2) is 10.2 Å². The van der Waals surface area contributed by atoms with Gasteiger partial charge in [-0.2, -0.15) is 5.10 Å². The summed E-state index contributed by atoms with van der Waals surface area (Å²) in [6, 6.07) is 10.5. The number of aromatic amines is 1. The highest BCUT2D eigenvalue weighted by atomic mass is 15.1. The van der Waals surface area contributed by atoms with Crippen LogP contribution in [0.1, 0.15) is 36.9 Å². The Bertz CT molecular complexity index is 485. The highest BCUT2D eigenvalue weighted by molar-refractivity contribution is 5.64. The molecular weight excluding hydrogens is 196 g/mol. The maximum absolute atomic E-state index is 4.49. The summed E-state index contributed by atoms with van der Waals surface area (Å²) in [5.41, 5.74) is 5.17. The normalized spacial score (nSPS) is 19.4. The average molecular weight is 212 g/mol. The first-order chi connectivity index (χ1) is 7.86. The van der Waals surface area contributed by atoms with E-state index in [1.807, 2.05) is 6.07 Å². The molecular formula is C14H16N2. The summed E-state index contributed by atoms with van der Waals surface area (Å²) in [7, 11) is 0. The van der Waals surface area contributed by atoms with Crippen LogP contribution < -0.4 is 0 Å². The van der Waals surface area contributed by atoms with E-state index in [2.05, 4.69) is 41.4 Å². The first-order valence-electron chi connectivity index (χ1n) is 5.99. The summed E-state index contributed by atoms with van der Waals surface area (Å²) in [5.74, 6) is 0.633. The molecule has 0 saturated carbocycles. The SMILES string of the molecule is CC1CCCc2c(-c3ccccc3)n[nH]c21. The van der Waals surface area contributed by atoms with Gasteiger partial charge >= 0.3 is 0 Å². The third-order valence-electron chi connectivity index (χ3n) is 3.50. The third-order valence-corrected chi connectivity index (χ3v) is 3.50. The van der Waals surface area contributed by atoms with Gasteiger partial charge in [0.25, 0.3) is 0 Å². The van der Waals surface area contributed by atoms with Gasteiger partial charge in [-0.3, -0.25) is 5.10 Å². The number of nitrogens with one attached hydrogen (secondary N) is 1. The second kappa shape index (κ2) is 3.78. The zero-order chi connectivity index (χ0) is 11.0. The highest BCUT2D eigenvalue weighted by Crippen LogP contribution is 2.35. The molecule has 1 aliphatic carbocycles. The van der Waals surface area contributed by atoms with Crippen molar-refractivity contribution in [3.05, 3.63) is 41.6 Å². The molecule has 1 N–H and O–H groups in total. The van der Waals surface area contributed by atoms with E-state index >= 15 is 0 Å². The molecule has 82 valence electrons. The van der Waals surface area contributed by atoms with Crippen LogP contribution in [0, 0.1) is 0 Å². The van der Waals surface area contributed by atoms with Crippen molar-refractivity contribution >= 4 is 0 Å². The van der Waals surface area contributed by atoms with Crippen LogP contribution in [0.25, 0.3) is 11.3 Å². The second-order valence-electron chi connectivity index (χ2n) is 4.62. The predicted octanol–water partition coefficient (Wildman–Crippen LogP) is 3.52. The van der Waals surface area contributed by atoms with Crippen LogP contribution in [0.5, 0.6) is 0 Å². The van der Waals surface area contributed by atoms with E-state index in [0.717, 1.165) is 5.69 Å². The zero-order valence-corrected chi connectivity index (χ0v) is 9.53. The molecule has 2 aromatic rings. The van der Waals surface area contributed by atoms with Gasteiger partial charge in [-0.1, -0.05) is 37.3 Å². The number of rotatable bonds is 1. The predicted molar refractivity (Wildman–Crippen MR) is 65.4 cm³/mol. The van der Waals surface area contributed by atoms with Crippen molar-refractivity contribution in [2.75, 3.05) is 0 Å². The lowest BCUT2D eigenvalue weighted by Crippen LogP contribution is -2.06. The van der Waals surface area contributed by atoms with Crippen molar-refractivity contribution in [3.63, 3.8) is 0 Å². The van der Waals surface area contributed by atoms with E-state index in [9.17, 15) is 0 Å². The standard InChI is InChI=1S/C14H16N2/c1-10-6-5-9-12-13(10)15-16-14(12)11-7-3-2-4-8-11/h2-4,7-8,10H,5-6,9H2,1H3,(H,15,16). The Balaban J connectivity index is 2.10. The topological polar surface area (TPSA) is 28.7 Å². The number of hydrogen-bond donors (Lipinski definition) is 1. The molecule has 0 saturated heterocycles. The second-order valence-corrected chi connectivity index (χ2v) is 4.62. The van der Waals surface area contributed by atoms with Crippen molar-refractivity contribution in [1.82, 2.24) is 10.2 Å². The summed E-state index contributed by atoms with van der Waals surface area (Å²) in [6.45, 7) is 2.28. The molecule has 0 fully saturated rings. The number of nitrogens with zero attached hydrogens (tertiary/aromatic N) is 1. The highest BCUT2D eigenvalue weighted by Gasteiger charge is 2.22. The Kier molecular flexibility index (Phi) is 2.28. The Morgan fingerprint density at radius 1 is 1.25 bits per heavy atom. The Hall–Kier alpha value is -1.57. The van der Waals surface area contributed by atoms with Crippen molar-refractivity contribution in [2.24, 2.45) is 0 Å². The summed E-state index contributed by atoms with van der Waals surface area (Å²) in [4.78, 5) is 0. The molecule has 0 aliphatic heterocycles. The van der Waals surface area contributed by atoms with Gasteiger partial charge in [-0.15, -0.1) is 0 Å². The van der Waals surface area contributed by atoms with Crippen LogP contribution in [0.15, 0.2) is 30.3 Å². The fourth-order valence-electron chi connectivity index (χ4n) is 2.60. The van der Waals surface area contributed by atoms with Gasteiger partial charge in [-0.05, 0) is 25.2 Å². The molecule has 0 amide bonds. The Morgan fingerprint density at radius 3 is 2.88 bits per heavy atom. The summed E-state index contributed by atoms with van der Waals surface area (Å²) in [5, 5.41) is 7.72. The van der Waals surface area contributed by atoms with E-state index in [1.54, 1.807) is 0 Å². The quantitative estimate of drug-likeness (QED) is 0.769. The van der Waals surface area contributed by atoms with Crippen molar-refractivity contribution in [3.8, 4) is 11.3 Å². The van der Waals surface area contributed by atoms with Gasteiger partial charge in [0.2, 0.25) is 0 Å². The molecule has 1 aromatic heterocycles. The monoisotopic (exact) mass is 212 g/mol. The van der Waals surface area contributed by atoms with Gasteiger partial charge < -0.3 is 0 Å². The molecule has 0 radical (unpaired) electrons. The van der Waals surface area contributed by atoms with E-state index in [-0.39, 0.29) is 0 Å². The van der Waals surface area contributed by atoms with E-state index < -0.39 is 0 Å². The molecule has 2 nitrogen and oxygen atoms in total. The van der Waals surface area contributed by atoms with Gasteiger partial charge in [0.1, 0.15) is 0 Å². The number of benzene rings is 1. The lowest BCUT2D eigenvalue weighted by atomic mass is 9.87. The minimum atomic E-state index is 0.633. The molecule has 1 unspecified atom stereocenters. The van der Waals surface area contributed by atoms with Crippen LogP contribution in [0.2, 0.25) is 0 Å². The van der Waals surface area contributed by atoms with Gasteiger partial charge in [0, 0.05) is 16.8 Å². The Morgan fingerprint density at radius 2 is 2.06 bits per heavy atom. The summed E-state index contributed by atoms with van der Waals surface area (Å²) < 4.78 is 0. The maximum atomic E-state index is 4.49. The minimum absolute atomic E-state index is 0.633. The molecule has 16 heavy (non-hydrogen) atoms. The van der Waals surface area contributed by atoms with Crippen LogP contribution in [-0.2, 0) is 6.42 Å². The maximum Gasteiger partial charge on any atom is 0.0955 e. The van der Waals surface area contributed by atoms with Crippen LogP contribution >= 0.6 is 0 Å². The van der Waals surface area contributed by atoms with E-state index in [0.29, 0.717) is 5.92 Å². The van der Waals surface area contributed by atoms with Crippen molar-refractivity contribution in [1.29, 1.82) is 0 Å². The molecule has 1 aliphatic rings. The minimum Gasteiger partial charge on any atom is -0.281 e. The summed E-state index contributed by atoms with van der Waals surface area (Å²) in [6.07, 6.45) is 3.73. The van der Waals surface area contributed by atoms with Gasteiger partial charge in [0.05, 0.1) is 5.69 Å². The number of hydrogen-bond acceptors (Lipinski definition) is 1. The number of fused-ring (bicyclic) bond motifs is 1. The third kappa shape index (κ3) is 1.45. The average Bonchev–Trinajstić information content (AvgIpc) is 2.75. The van der Waals surface area contributed by atoms with Crippen molar-refractivity contribution < 1.29 is 0 Å². The van der Waals surface area contributed by atoms with Crippen LogP contribution in [0.4, 0.5) is 0 Å². The lowest BCUT2D eigenvalue weighted by Gasteiger charge is -2.18. The molecule has 1 atom stereocenters. The van der Waals surface area contributed by atoms with E-state index in [1.165, 1.54) is 36.1 Å². The number of H-pyrrole nitrogens is 1. The Labute approximate surface area is 95.7 Å². The zero-order valence-electron chi connectivity index (χ0n) is 9.53. The summed E-state index contributed by atoms with van der Waals surface area (Å²) >= 11 is 0. The molecule has 3 rings (SSSR count). The fourth-order valence-corrected chi connectivity index (χ4v) is 2.60. The largest absolute Gasteiger partial charge is 0.281 e. The smallest absolute Gasteiger partial charge is 0.0955 e. The first kappa shape index (κ1) is 9.64. The lowest BCUT2D eigenvalue weighted by molar-refractivity contribution is 0.578. The molecule has 2 heteroatoms. The molecule has 0 bridgehead atoms. The number of aromatic nitrogens is 2. The van der Waals surface area contributed by atoms with Gasteiger partial charge in [-0.25, -0.2) is 0 Å². The molecule has 1 aromatic carbocycles. The van der Waals surface area contributed by atoms with Gasteiger partial charge in [0.15, 0.2) is 0 Å². The molecule has 0 spiro atoms. The van der Waals surface area contributed by atoms with Crippen molar-refractivity contribution in [2.45, 2.75) is 32.1 Å².